The second-order valence-electron chi connectivity index (χ2n) is 3.97. The summed E-state index contributed by atoms with van der Waals surface area (Å²) >= 11 is 0. The van der Waals surface area contributed by atoms with Gasteiger partial charge in [-0.1, -0.05) is 13.8 Å². The quantitative estimate of drug-likeness (QED) is 0.635. The van der Waals surface area contributed by atoms with Gasteiger partial charge in [-0.15, -0.1) is 0 Å². The van der Waals surface area contributed by atoms with E-state index in [1.54, 1.807) is 14.2 Å². The molecule has 0 aliphatic heterocycles. The highest BCUT2D eigenvalue weighted by Crippen LogP contribution is 2.31. The van der Waals surface area contributed by atoms with E-state index in [0.717, 1.165) is 12.8 Å². The second-order valence-corrected chi connectivity index (χ2v) is 3.97. The lowest BCUT2D eigenvalue weighted by molar-refractivity contribution is -0.0575. The summed E-state index contributed by atoms with van der Waals surface area (Å²) in [5.74, 6) is 1.27. The Morgan fingerprint density at radius 2 is 1.17 bits per heavy atom. The lowest BCUT2D eigenvalue weighted by Crippen LogP contribution is -2.37. The van der Waals surface area contributed by atoms with Crippen LogP contribution in [0, 0.1) is 11.8 Å². The van der Waals surface area contributed by atoms with Crippen molar-refractivity contribution in [2.24, 2.45) is 11.8 Å². The zero-order valence-electron chi connectivity index (χ0n) is 8.54. The van der Waals surface area contributed by atoms with Gasteiger partial charge in [0.15, 0.2) is 0 Å². The molecule has 2 nitrogen and oxygen atoms in total. The molecule has 1 unspecified atom stereocenters. The summed E-state index contributed by atoms with van der Waals surface area (Å²) in [5.41, 5.74) is 0. The summed E-state index contributed by atoms with van der Waals surface area (Å²) in [6.45, 7) is 4.48. The predicted molar refractivity (Wildman–Crippen MR) is 49.2 cm³/mol. The molecule has 0 aromatic rings. The van der Waals surface area contributed by atoms with Crippen LogP contribution in [0.15, 0.2) is 0 Å². The predicted octanol–water partition coefficient (Wildman–Crippen LogP) is 2.08. The Bertz CT molecular complexity index is 120. The molecule has 0 bridgehead atoms. The molecule has 1 rings (SSSR count). The number of methoxy groups -OCH3 is 2. The van der Waals surface area contributed by atoms with Crippen molar-refractivity contribution in [1.82, 2.24) is 0 Å². The highest BCUT2D eigenvalue weighted by atomic mass is 16.5. The van der Waals surface area contributed by atoms with Crippen LogP contribution in [-0.2, 0) is 9.47 Å². The fraction of sp³-hybridized carbons (Fsp3) is 1.00. The maximum absolute atomic E-state index is 5.41. The zero-order chi connectivity index (χ0) is 9.14. The minimum atomic E-state index is 0.436. The van der Waals surface area contributed by atoms with Gasteiger partial charge in [-0.2, -0.15) is 0 Å². The smallest absolute Gasteiger partial charge is 0.0601 e. The van der Waals surface area contributed by atoms with E-state index in [0.29, 0.717) is 24.0 Å². The zero-order valence-corrected chi connectivity index (χ0v) is 8.54. The van der Waals surface area contributed by atoms with Crippen molar-refractivity contribution in [3.63, 3.8) is 0 Å². The monoisotopic (exact) mass is 172 g/mol. The summed E-state index contributed by atoms with van der Waals surface area (Å²) in [4.78, 5) is 0. The Morgan fingerprint density at radius 3 is 1.42 bits per heavy atom. The normalized spacial score (nSPS) is 43.0. The molecule has 1 saturated carbocycles. The van der Waals surface area contributed by atoms with Crippen LogP contribution < -0.4 is 0 Å². The lowest BCUT2D eigenvalue weighted by Gasteiger charge is -2.37. The van der Waals surface area contributed by atoms with E-state index in [9.17, 15) is 0 Å². The third-order valence-electron chi connectivity index (χ3n) is 3.08. The summed E-state index contributed by atoms with van der Waals surface area (Å²) in [5, 5.41) is 0. The molecule has 0 spiro atoms. The first-order chi connectivity index (χ1) is 5.69. The van der Waals surface area contributed by atoms with Crippen molar-refractivity contribution < 1.29 is 9.47 Å². The van der Waals surface area contributed by atoms with Crippen LogP contribution in [0.4, 0.5) is 0 Å². The molecule has 0 aromatic carbocycles. The SMILES string of the molecule is COC1C[C@@H](C)[C@@H](OC)C[C@H]1C. The van der Waals surface area contributed by atoms with E-state index < -0.39 is 0 Å². The Morgan fingerprint density at radius 1 is 0.833 bits per heavy atom. The fourth-order valence-corrected chi connectivity index (χ4v) is 2.16. The molecule has 0 aromatic heterocycles. The van der Waals surface area contributed by atoms with Gasteiger partial charge in [-0.3, -0.25) is 0 Å². The van der Waals surface area contributed by atoms with Gasteiger partial charge in [-0.05, 0) is 24.7 Å². The van der Waals surface area contributed by atoms with E-state index >= 15 is 0 Å². The van der Waals surface area contributed by atoms with Crippen LogP contribution in [0.1, 0.15) is 26.7 Å². The molecule has 0 amide bonds. The molecule has 0 saturated heterocycles. The number of hydrogen-bond donors (Lipinski definition) is 0. The lowest BCUT2D eigenvalue weighted by atomic mass is 9.79. The summed E-state index contributed by atoms with van der Waals surface area (Å²) in [6, 6.07) is 0. The Balaban J connectivity index is 2.49. The van der Waals surface area contributed by atoms with E-state index in [2.05, 4.69) is 13.8 Å². The first-order valence-electron chi connectivity index (χ1n) is 4.74. The summed E-state index contributed by atoms with van der Waals surface area (Å²) < 4.78 is 10.8. The highest BCUT2D eigenvalue weighted by molar-refractivity contribution is 4.82. The van der Waals surface area contributed by atoms with Gasteiger partial charge in [0, 0.05) is 14.2 Å². The molecule has 72 valence electrons. The van der Waals surface area contributed by atoms with Crippen LogP contribution in [0.5, 0.6) is 0 Å². The average molecular weight is 172 g/mol. The van der Waals surface area contributed by atoms with Crippen molar-refractivity contribution >= 4 is 0 Å². The third-order valence-corrected chi connectivity index (χ3v) is 3.08. The molecular weight excluding hydrogens is 152 g/mol. The van der Waals surface area contributed by atoms with Gasteiger partial charge in [-0.25, -0.2) is 0 Å². The van der Waals surface area contributed by atoms with E-state index in [-0.39, 0.29) is 0 Å². The van der Waals surface area contributed by atoms with Crippen LogP contribution in [0.3, 0.4) is 0 Å². The summed E-state index contributed by atoms with van der Waals surface area (Å²) in [6.07, 6.45) is 3.14. The number of rotatable bonds is 2. The fourth-order valence-electron chi connectivity index (χ4n) is 2.16. The summed E-state index contributed by atoms with van der Waals surface area (Å²) in [7, 11) is 3.61. The Kier molecular flexibility index (Phi) is 3.53. The minimum absolute atomic E-state index is 0.436. The molecule has 1 aliphatic carbocycles. The van der Waals surface area contributed by atoms with Crippen LogP contribution in [0.2, 0.25) is 0 Å². The Hall–Kier alpha value is -0.0800. The van der Waals surface area contributed by atoms with Gasteiger partial charge in [0.2, 0.25) is 0 Å². The molecule has 12 heavy (non-hydrogen) atoms. The van der Waals surface area contributed by atoms with E-state index in [1.807, 2.05) is 0 Å². The van der Waals surface area contributed by atoms with Gasteiger partial charge in [0.1, 0.15) is 0 Å². The third kappa shape index (κ3) is 1.99. The topological polar surface area (TPSA) is 18.5 Å². The maximum Gasteiger partial charge on any atom is 0.0601 e. The van der Waals surface area contributed by atoms with Crippen molar-refractivity contribution in [3.05, 3.63) is 0 Å². The molecular formula is C10H20O2. The second kappa shape index (κ2) is 4.24. The van der Waals surface area contributed by atoms with E-state index in [4.69, 9.17) is 9.47 Å². The van der Waals surface area contributed by atoms with Gasteiger partial charge in [0.05, 0.1) is 12.2 Å². The van der Waals surface area contributed by atoms with Crippen LogP contribution in [-0.4, -0.2) is 26.4 Å². The average Bonchev–Trinajstić information content (AvgIpc) is 2.08. The molecule has 4 atom stereocenters. The van der Waals surface area contributed by atoms with Crippen molar-refractivity contribution in [2.45, 2.75) is 38.9 Å². The van der Waals surface area contributed by atoms with Gasteiger partial charge < -0.3 is 9.47 Å². The molecule has 1 aliphatic rings. The van der Waals surface area contributed by atoms with E-state index in [1.165, 1.54) is 0 Å². The number of ether oxygens (including phenoxy) is 2. The van der Waals surface area contributed by atoms with Gasteiger partial charge >= 0.3 is 0 Å². The van der Waals surface area contributed by atoms with Crippen molar-refractivity contribution in [1.29, 1.82) is 0 Å². The molecule has 1 fully saturated rings. The first-order valence-corrected chi connectivity index (χ1v) is 4.74. The molecule has 2 heteroatoms. The first kappa shape index (κ1) is 10.0. The van der Waals surface area contributed by atoms with Gasteiger partial charge in [0.25, 0.3) is 0 Å². The van der Waals surface area contributed by atoms with Crippen molar-refractivity contribution in [2.75, 3.05) is 14.2 Å². The standard InChI is InChI=1S/C10H20O2/c1-7-5-10(12-4)8(2)6-9(7)11-3/h7-10H,5-6H2,1-4H3/t7-,8-,9+,10?/m1/s1. The molecule has 0 radical (unpaired) electrons. The highest BCUT2D eigenvalue weighted by Gasteiger charge is 2.32. The minimum Gasteiger partial charge on any atom is -0.381 e. The number of hydrogen-bond acceptors (Lipinski definition) is 2. The van der Waals surface area contributed by atoms with Crippen LogP contribution >= 0.6 is 0 Å². The van der Waals surface area contributed by atoms with Crippen molar-refractivity contribution in [3.8, 4) is 0 Å². The van der Waals surface area contributed by atoms with Crippen LogP contribution in [0.25, 0.3) is 0 Å². The Labute approximate surface area is 75.2 Å². The molecule has 0 N–H and O–H groups in total. The molecule has 0 heterocycles. The largest absolute Gasteiger partial charge is 0.381 e. The maximum atomic E-state index is 5.41.